The first-order valence-corrected chi connectivity index (χ1v) is 10.2. The second-order valence-corrected chi connectivity index (χ2v) is 7.10. The highest BCUT2D eigenvalue weighted by Crippen LogP contribution is 2.26. The first-order valence-electron chi connectivity index (χ1n) is 10.2. The highest BCUT2D eigenvalue weighted by Gasteiger charge is 2.26. The molecule has 164 valence electrons. The molecule has 0 bridgehead atoms. The second-order valence-electron chi connectivity index (χ2n) is 7.10. The molecule has 2 amide bonds. The number of urea groups is 1. The molecule has 0 aliphatic carbocycles. The number of para-hydroxylation sites is 3. The number of aromatic nitrogens is 2. The molecule has 3 aromatic rings. The summed E-state index contributed by atoms with van der Waals surface area (Å²) < 4.78 is 12.1. The summed E-state index contributed by atoms with van der Waals surface area (Å²) in [6.45, 7) is 2.67. The summed E-state index contributed by atoms with van der Waals surface area (Å²) in [5, 5.41) is 3.42. The van der Waals surface area contributed by atoms with E-state index in [-0.39, 0.29) is 11.6 Å². The number of rotatable bonds is 8. The van der Waals surface area contributed by atoms with Gasteiger partial charge in [-0.3, -0.25) is 9.36 Å². The first-order chi connectivity index (χ1) is 15.0. The first kappa shape index (κ1) is 22.3. The van der Waals surface area contributed by atoms with Crippen LogP contribution in [0.15, 0.2) is 53.3 Å². The Morgan fingerprint density at radius 3 is 2.58 bits per heavy atom. The molecule has 1 unspecified atom stereocenters. The SMILES string of the molecule is CCC(c1nc2ccccc2c(=O)n1CCOC)N(C)C(=O)Nc1ccccc1OC. The van der Waals surface area contributed by atoms with Crippen molar-refractivity contribution >= 4 is 22.6 Å². The molecule has 8 nitrogen and oxygen atoms in total. The van der Waals surface area contributed by atoms with Crippen LogP contribution in [0, 0.1) is 0 Å². The number of carbonyl (C=O) groups excluding carboxylic acids is 1. The Balaban J connectivity index is 2.00. The van der Waals surface area contributed by atoms with Crippen molar-refractivity contribution in [2.24, 2.45) is 0 Å². The number of anilines is 1. The average molecular weight is 425 g/mol. The molecule has 8 heteroatoms. The maximum atomic E-state index is 13.2. The summed E-state index contributed by atoms with van der Waals surface area (Å²) in [6.07, 6.45) is 0.577. The van der Waals surface area contributed by atoms with Crippen LogP contribution in [0.25, 0.3) is 10.9 Å². The van der Waals surface area contributed by atoms with Crippen molar-refractivity contribution < 1.29 is 14.3 Å². The van der Waals surface area contributed by atoms with E-state index in [1.54, 1.807) is 48.9 Å². The number of methoxy groups -OCH3 is 2. The topological polar surface area (TPSA) is 85.7 Å². The van der Waals surface area contributed by atoms with E-state index in [0.29, 0.717) is 47.7 Å². The van der Waals surface area contributed by atoms with Crippen LogP contribution in [-0.4, -0.2) is 48.4 Å². The number of nitrogens with zero attached hydrogens (tertiary/aromatic N) is 3. The monoisotopic (exact) mass is 424 g/mol. The molecule has 1 atom stereocenters. The summed E-state index contributed by atoms with van der Waals surface area (Å²) in [5.41, 5.74) is 1.03. The third-order valence-corrected chi connectivity index (χ3v) is 5.23. The molecule has 31 heavy (non-hydrogen) atoms. The van der Waals surface area contributed by atoms with Crippen LogP contribution in [0.1, 0.15) is 25.2 Å². The van der Waals surface area contributed by atoms with Gasteiger partial charge in [0, 0.05) is 14.2 Å². The van der Waals surface area contributed by atoms with Gasteiger partial charge in [-0.05, 0) is 30.7 Å². The summed E-state index contributed by atoms with van der Waals surface area (Å²) in [4.78, 5) is 32.5. The van der Waals surface area contributed by atoms with Crippen molar-refractivity contribution in [2.45, 2.75) is 25.9 Å². The fourth-order valence-electron chi connectivity index (χ4n) is 3.56. The van der Waals surface area contributed by atoms with Crippen molar-refractivity contribution in [1.29, 1.82) is 0 Å². The van der Waals surface area contributed by atoms with Crippen LogP contribution < -0.4 is 15.6 Å². The lowest BCUT2D eigenvalue weighted by Gasteiger charge is -2.29. The molecule has 0 aliphatic rings. The molecule has 1 N–H and O–H groups in total. The van der Waals surface area contributed by atoms with Gasteiger partial charge in [-0.15, -0.1) is 0 Å². The van der Waals surface area contributed by atoms with Crippen molar-refractivity contribution in [2.75, 3.05) is 33.2 Å². The maximum absolute atomic E-state index is 13.2. The lowest BCUT2D eigenvalue weighted by atomic mass is 10.1. The van der Waals surface area contributed by atoms with Gasteiger partial charge in [-0.25, -0.2) is 9.78 Å². The molecular formula is C23H28N4O4. The van der Waals surface area contributed by atoms with Crippen molar-refractivity contribution in [3.05, 3.63) is 64.7 Å². The zero-order chi connectivity index (χ0) is 22.4. The molecule has 1 heterocycles. The van der Waals surface area contributed by atoms with E-state index in [1.165, 1.54) is 0 Å². The van der Waals surface area contributed by atoms with Gasteiger partial charge in [0.2, 0.25) is 0 Å². The summed E-state index contributed by atoms with van der Waals surface area (Å²) in [7, 11) is 4.83. The lowest BCUT2D eigenvalue weighted by Crippen LogP contribution is -2.39. The summed E-state index contributed by atoms with van der Waals surface area (Å²) in [6, 6.07) is 13.7. The van der Waals surface area contributed by atoms with E-state index >= 15 is 0 Å². The molecule has 2 aromatic carbocycles. The van der Waals surface area contributed by atoms with Crippen molar-refractivity contribution in [3.63, 3.8) is 0 Å². The Kier molecular flexibility index (Phi) is 7.25. The zero-order valence-corrected chi connectivity index (χ0v) is 18.3. The Morgan fingerprint density at radius 1 is 1.16 bits per heavy atom. The van der Waals surface area contributed by atoms with Gasteiger partial charge in [0.1, 0.15) is 11.6 Å². The maximum Gasteiger partial charge on any atom is 0.322 e. The van der Waals surface area contributed by atoms with E-state index in [1.807, 2.05) is 37.3 Å². The van der Waals surface area contributed by atoms with Crippen LogP contribution in [0.4, 0.5) is 10.5 Å². The highest BCUT2D eigenvalue weighted by molar-refractivity contribution is 5.91. The lowest BCUT2D eigenvalue weighted by molar-refractivity contribution is 0.177. The standard InChI is InChI=1S/C23H28N4O4/c1-5-19(26(2)23(29)25-18-12-8-9-13-20(18)31-4)21-24-17-11-7-6-10-16(17)22(28)27(21)14-15-30-3/h6-13,19H,5,14-15H2,1-4H3,(H,25,29). The Morgan fingerprint density at radius 2 is 1.87 bits per heavy atom. The largest absolute Gasteiger partial charge is 0.495 e. The quantitative estimate of drug-likeness (QED) is 0.596. The van der Waals surface area contributed by atoms with Gasteiger partial charge in [0.25, 0.3) is 5.56 Å². The molecule has 3 rings (SSSR count). The van der Waals surface area contributed by atoms with Crippen molar-refractivity contribution in [1.82, 2.24) is 14.5 Å². The van der Waals surface area contributed by atoms with Crippen LogP contribution in [-0.2, 0) is 11.3 Å². The normalized spacial score (nSPS) is 11.9. The number of carbonyl (C=O) groups is 1. The zero-order valence-electron chi connectivity index (χ0n) is 18.3. The van der Waals surface area contributed by atoms with E-state index in [0.717, 1.165) is 0 Å². The van der Waals surface area contributed by atoms with E-state index in [4.69, 9.17) is 14.5 Å². The Bertz CT molecular complexity index is 1110. The third-order valence-electron chi connectivity index (χ3n) is 5.23. The van der Waals surface area contributed by atoms with Gasteiger partial charge in [0.05, 0.1) is 42.9 Å². The Hall–Kier alpha value is -3.39. The molecule has 0 radical (unpaired) electrons. The predicted octanol–water partition coefficient (Wildman–Crippen LogP) is 3.67. The smallest absolute Gasteiger partial charge is 0.322 e. The number of benzene rings is 2. The van der Waals surface area contributed by atoms with Crippen LogP contribution >= 0.6 is 0 Å². The van der Waals surface area contributed by atoms with Gasteiger partial charge >= 0.3 is 6.03 Å². The van der Waals surface area contributed by atoms with Gasteiger partial charge < -0.3 is 19.7 Å². The van der Waals surface area contributed by atoms with Crippen LogP contribution in [0.3, 0.4) is 0 Å². The average Bonchev–Trinajstić information content (AvgIpc) is 2.79. The highest BCUT2D eigenvalue weighted by atomic mass is 16.5. The molecular weight excluding hydrogens is 396 g/mol. The predicted molar refractivity (Wildman–Crippen MR) is 121 cm³/mol. The third kappa shape index (κ3) is 4.69. The number of amides is 2. The second kappa shape index (κ2) is 10.1. The van der Waals surface area contributed by atoms with E-state index < -0.39 is 6.04 Å². The molecule has 0 spiro atoms. The van der Waals surface area contributed by atoms with Crippen molar-refractivity contribution in [3.8, 4) is 5.75 Å². The molecule has 0 fully saturated rings. The Labute approximate surface area is 181 Å². The fourth-order valence-corrected chi connectivity index (χ4v) is 3.56. The molecule has 0 aliphatic heterocycles. The van der Waals surface area contributed by atoms with Crippen LogP contribution in [0.5, 0.6) is 5.75 Å². The van der Waals surface area contributed by atoms with Gasteiger partial charge in [-0.1, -0.05) is 31.2 Å². The van der Waals surface area contributed by atoms with Gasteiger partial charge in [-0.2, -0.15) is 0 Å². The number of ether oxygens (including phenoxy) is 2. The minimum Gasteiger partial charge on any atom is -0.495 e. The number of fused-ring (bicyclic) bond motifs is 1. The molecule has 1 aromatic heterocycles. The minimum absolute atomic E-state index is 0.144. The summed E-state index contributed by atoms with van der Waals surface area (Å²) in [5.74, 6) is 1.10. The number of hydrogen-bond acceptors (Lipinski definition) is 5. The fraction of sp³-hybridized carbons (Fsp3) is 0.348. The summed E-state index contributed by atoms with van der Waals surface area (Å²) >= 11 is 0. The minimum atomic E-state index is -0.413. The molecule has 0 saturated carbocycles. The number of hydrogen-bond donors (Lipinski definition) is 1. The molecule has 0 saturated heterocycles. The van der Waals surface area contributed by atoms with E-state index in [9.17, 15) is 9.59 Å². The number of nitrogens with one attached hydrogen (secondary N) is 1. The van der Waals surface area contributed by atoms with E-state index in [2.05, 4.69) is 5.32 Å². The van der Waals surface area contributed by atoms with Gasteiger partial charge in [0.15, 0.2) is 0 Å². The van der Waals surface area contributed by atoms with Crippen LogP contribution in [0.2, 0.25) is 0 Å².